The third kappa shape index (κ3) is 7.06. The summed E-state index contributed by atoms with van der Waals surface area (Å²) in [6.45, 7) is 6.42. The number of nitrogens with zero attached hydrogens (tertiary/aromatic N) is 2. The van der Waals surface area contributed by atoms with E-state index >= 15 is 0 Å². The van der Waals surface area contributed by atoms with Gasteiger partial charge in [-0.15, -0.1) is 0 Å². The van der Waals surface area contributed by atoms with Crippen LogP contribution in [0.15, 0.2) is 36.7 Å². The molecule has 0 spiro atoms. The molecule has 0 N–H and O–H groups in total. The molecular formula is C24H34N2O2. The van der Waals surface area contributed by atoms with Crippen molar-refractivity contribution in [1.82, 2.24) is 9.97 Å². The fourth-order valence-corrected chi connectivity index (χ4v) is 3.34. The summed E-state index contributed by atoms with van der Waals surface area (Å²) in [6, 6.07) is 7.47. The van der Waals surface area contributed by atoms with Gasteiger partial charge in [-0.3, -0.25) is 4.79 Å². The number of benzene rings is 1. The van der Waals surface area contributed by atoms with Crippen molar-refractivity contribution in [2.24, 2.45) is 5.92 Å². The quantitative estimate of drug-likeness (QED) is 0.242. The maximum absolute atomic E-state index is 12.4. The van der Waals surface area contributed by atoms with E-state index in [1.54, 1.807) is 0 Å². The van der Waals surface area contributed by atoms with Crippen LogP contribution in [0.4, 0.5) is 0 Å². The Balaban J connectivity index is 1.93. The summed E-state index contributed by atoms with van der Waals surface area (Å²) >= 11 is 0. The lowest BCUT2D eigenvalue weighted by molar-refractivity contribution is -0.139. The molecule has 1 aromatic carbocycles. The molecule has 1 heterocycles. The van der Waals surface area contributed by atoms with Crippen LogP contribution in [0, 0.1) is 5.92 Å². The largest absolute Gasteiger partial charge is 0.426 e. The predicted octanol–water partition coefficient (Wildman–Crippen LogP) is 6.39. The number of esters is 1. The number of aromatic nitrogens is 2. The van der Waals surface area contributed by atoms with Crippen LogP contribution in [-0.4, -0.2) is 15.9 Å². The van der Waals surface area contributed by atoms with Gasteiger partial charge < -0.3 is 4.74 Å². The number of aryl methyl sites for hydroxylation is 1. The summed E-state index contributed by atoms with van der Waals surface area (Å²) in [6.07, 6.45) is 13.6. The van der Waals surface area contributed by atoms with Crippen molar-refractivity contribution in [3.8, 4) is 17.1 Å². The first-order valence-corrected chi connectivity index (χ1v) is 10.8. The van der Waals surface area contributed by atoms with Crippen molar-refractivity contribution in [1.29, 1.82) is 0 Å². The van der Waals surface area contributed by atoms with E-state index in [4.69, 9.17) is 4.74 Å². The maximum atomic E-state index is 12.4. The van der Waals surface area contributed by atoms with Crippen LogP contribution >= 0.6 is 0 Å². The Hall–Kier alpha value is -2.23. The van der Waals surface area contributed by atoms with Crippen LogP contribution in [0.3, 0.4) is 0 Å². The van der Waals surface area contributed by atoms with Crippen molar-refractivity contribution in [3.63, 3.8) is 0 Å². The molecule has 0 aliphatic heterocycles. The smallest absolute Gasteiger partial charge is 0.314 e. The zero-order valence-electron chi connectivity index (χ0n) is 17.6. The fourth-order valence-electron chi connectivity index (χ4n) is 3.34. The summed E-state index contributed by atoms with van der Waals surface area (Å²) < 4.78 is 5.58. The summed E-state index contributed by atoms with van der Waals surface area (Å²) in [7, 11) is 0. The van der Waals surface area contributed by atoms with Gasteiger partial charge in [-0.25, -0.2) is 9.97 Å². The Kier molecular flexibility index (Phi) is 9.67. The van der Waals surface area contributed by atoms with Crippen LogP contribution in [0.25, 0.3) is 11.4 Å². The molecule has 2 rings (SSSR count). The van der Waals surface area contributed by atoms with E-state index in [0.717, 1.165) is 37.7 Å². The van der Waals surface area contributed by atoms with E-state index in [1.807, 2.05) is 36.7 Å². The van der Waals surface area contributed by atoms with Gasteiger partial charge in [0.15, 0.2) is 5.82 Å². The van der Waals surface area contributed by atoms with E-state index in [2.05, 4.69) is 30.7 Å². The zero-order valence-corrected chi connectivity index (χ0v) is 17.6. The first kappa shape index (κ1) is 22.1. The summed E-state index contributed by atoms with van der Waals surface area (Å²) in [5.41, 5.74) is 2.11. The normalized spacial score (nSPS) is 11.0. The lowest BCUT2D eigenvalue weighted by Crippen LogP contribution is -2.20. The summed E-state index contributed by atoms with van der Waals surface area (Å²) in [4.78, 5) is 21.4. The molecule has 0 fully saturated rings. The minimum Gasteiger partial charge on any atom is -0.426 e. The second kappa shape index (κ2) is 12.3. The number of hydrogen-bond donors (Lipinski definition) is 0. The molecule has 0 saturated carbocycles. The van der Waals surface area contributed by atoms with Crippen molar-refractivity contribution < 1.29 is 9.53 Å². The molecule has 152 valence electrons. The molecule has 0 bridgehead atoms. The van der Waals surface area contributed by atoms with Gasteiger partial charge in [-0.1, -0.05) is 52.9 Å². The standard InChI is InChI=1S/C24H34N2O2/c1-4-7-8-9-12-19-17-25-23(26-18-19)20-13-15-22(16-14-20)28-24(27)21(10-5-2)11-6-3/h13-18,21H,4-12H2,1-3H3. The highest BCUT2D eigenvalue weighted by molar-refractivity contribution is 5.75. The molecule has 0 aliphatic carbocycles. The highest BCUT2D eigenvalue weighted by Crippen LogP contribution is 2.22. The Morgan fingerprint density at radius 3 is 2.11 bits per heavy atom. The molecule has 0 amide bonds. The first-order chi connectivity index (χ1) is 13.7. The molecule has 28 heavy (non-hydrogen) atoms. The predicted molar refractivity (Wildman–Crippen MR) is 114 cm³/mol. The Morgan fingerprint density at radius 1 is 0.893 bits per heavy atom. The molecule has 0 atom stereocenters. The molecule has 2 aromatic rings. The van der Waals surface area contributed by atoms with E-state index in [-0.39, 0.29) is 11.9 Å². The van der Waals surface area contributed by atoms with Gasteiger partial charge in [-0.2, -0.15) is 0 Å². The zero-order chi connectivity index (χ0) is 20.2. The highest BCUT2D eigenvalue weighted by atomic mass is 16.5. The number of unbranched alkanes of at least 4 members (excludes halogenated alkanes) is 3. The molecule has 0 radical (unpaired) electrons. The number of ether oxygens (including phenoxy) is 1. The minimum atomic E-state index is -0.125. The molecule has 4 nitrogen and oxygen atoms in total. The van der Waals surface area contributed by atoms with E-state index in [0.29, 0.717) is 11.6 Å². The lowest BCUT2D eigenvalue weighted by Gasteiger charge is -2.14. The number of carbonyl (C=O) groups is 1. The number of hydrogen-bond acceptors (Lipinski definition) is 4. The fraction of sp³-hybridized carbons (Fsp3) is 0.542. The SMILES string of the molecule is CCCCCCc1cnc(-c2ccc(OC(=O)C(CCC)CCC)cc2)nc1. The van der Waals surface area contributed by atoms with E-state index < -0.39 is 0 Å². The average molecular weight is 383 g/mol. The van der Waals surface area contributed by atoms with Crippen LogP contribution in [0.1, 0.15) is 77.7 Å². The highest BCUT2D eigenvalue weighted by Gasteiger charge is 2.18. The third-order valence-corrected chi connectivity index (χ3v) is 4.96. The molecule has 1 aromatic heterocycles. The van der Waals surface area contributed by atoms with Gasteiger partial charge in [0.05, 0.1) is 5.92 Å². The first-order valence-electron chi connectivity index (χ1n) is 10.8. The number of carbonyl (C=O) groups excluding carboxylic acids is 1. The van der Waals surface area contributed by atoms with Crippen LogP contribution in [-0.2, 0) is 11.2 Å². The molecule has 0 aliphatic rings. The number of rotatable bonds is 12. The Bertz CT molecular complexity index is 690. The van der Waals surface area contributed by atoms with Crippen molar-refractivity contribution in [2.45, 2.75) is 78.6 Å². The van der Waals surface area contributed by atoms with Gasteiger partial charge in [-0.05, 0) is 55.5 Å². The topological polar surface area (TPSA) is 52.1 Å². The van der Waals surface area contributed by atoms with Crippen LogP contribution in [0.2, 0.25) is 0 Å². The lowest BCUT2D eigenvalue weighted by atomic mass is 9.99. The Labute approximate surface area is 169 Å². The van der Waals surface area contributed by atoms with Crippen molar-refractivity contribution in [2.75, 3.05) is 0 Å². The van der Waals surface area contributed by atoms with E-state index in [1.165, 1.54) is 31.2 Å². The van der Waals surface area contributed by atoms with Gasteiger partial charge in [0, 0.05) is 18.0 Å². The minimum absolute atomic E-state index is 0.0112. The van der Waals surface area contributed by atoms with Gasteiger partial charge in [0.25, 0.3) is 0 Å². The second-order valence-electron chi connectivity index (χ2n) is 7.45. The molecule has 0 saturated heterocycles. The van der Waals surface area contributed by atoms with Crippen molar-refractivity contribution in [3.05, 3.63) is 42.2 Å². The molecule has 4 heteroatoms. The molecular weight excluding hydrogens is 348 g/mol. The van der Waals surface area contributed by atoms with Crippen molar-refractivity contribution >= 4 is 5.97 Å². The van der Waals surface area contributed by atoms with E-state index in [9.17, 15) is 4.79 Å². The maximum Gasteiger partial charge on any atom is 0.314 e. The van der Waals surface area contributed by atoms with Crippen LogP contribution in [0.5, 0.6) is 5.75 Å². The summed E-state index contributed by atoms with van der Waals surface area (Å²) in [5, 5.41) is 0. The van der Waals surface area contributed by atoms with Gasteiger partial charge in [0.1, 0.15) is 5.75 Å². The third-order valence-electron chi connectivity index (χ3n) is 4.96. The van der Waals surface area contributed by atoms with Gasteiger partial charge in [0.2, 0.25) is 0 Å². The second-order valence-corrected chi connectivity index (χ2v) is 7.45. The van der Waals surface area contributed by atoms with Gasteiger partial charge >= 0.3 is 5.97 Å². The van der Waals surface area contributed by atoms with Crippen LogP contribution < -0.4 is 4.74 Å². The summed E-state index contributed by atoms with van der Waals surface area (Å²) in [5.74, 6) is 1.14. The monoisotopic (exact) mass is 382 g/mol. The Morgan fingerprint density at radius 2 is 1.54 bits per heavy atom. The average Bonchev–Trinajstić information content (AvgIpc) is 2.72. The molecule has 0 unspecified atom stereocenters.